The van der Waals surface area contributed by atoms with E-state index < -0.39 is 9.84 Å². The highest BCUT2D eigenvalue weighted by atomic mass is 79.9. The largest absolute Gasteiger partial charge is 0.454 e. The van der Waals surface area contributed by atoms with E-state index in [1.54, 1.807) is 6.07 Å². The molecule has 0 fully saturated rings. The number of fused-ring (bicyclic) bond motifs is 2. The fourth-order valence-corrected chi connectivity index (χ4v) is 5.40. The van der Waals surface area contributed by atoms with E-state index in [-0.39, 0.29) is 28.2 Å². The van der Waals surface area contributed by atoms with Crippen molar-refractivity contribution in [1.29, 1.82) is 0 Å². The first-order valence-corrected chi connectivity index (χ1v) is 10.7. The van der Waals surface area contributed by atoms with Crippen LogP contribution in [0.4, 0.5) is 5.82 Å². The zero-order valence-corrected chi connectivity index (χ0v) is 17.0. The van der Waals surface area contributed by atoms with E-state index in [9.17, 15) is 8.42 Å². The molecule has 0 saturated heterocycles. The van der Waals surface area contributed by atoms with E-state index >= 15 is 0 Å². The third kappa shape index (κ3) is 2.63. The van der Waals surface area contributed by atoms with Gasteiger partial charge in [0.2, 0.25) is 21.8 Å². The third-order valence-corrected chi connectivity index (χ3v) is 6.77. The van der Waals surface area contributed by atoms with Gasteiger partial charge in [-0.2, -0.15) is 0 Å². The molecule has 1 aliphatic heterocycles. The first-order chi connectivity index (χ1) is 12.4. The second-order valence-corrected chi connectivity index (χ2v) is 8.76. The lowest BCUT2D eigenvalue weighted by molar-refractivity contribution is 0.174. The maximum absolute atomic E-state index is 13.3. The molecule has 2 aromatic heterocycles. The Morgan fingerprint density at radius 3 is 2.69 bits per heavy atom. The van der Waals surface area contributed by atoms with Gasteiger partial charge in [0.1, 0.15) is 6.33 Å². The number of nitrogen functional groups attached to an aromatic ring is 1. The average Bonchev–Trinajstić information content (AvgIpc) is 3.20. The van der Waals surface area contributed by atoms with Crippen LogP contribution in [0.3, 0.4) is 0 Å². The Hall–Kier alpha value is -1.92. The average molecular weight is 505 g/mol. The molecule has 136 valence electrons. The maximum Gasteiger partial charge on any atom is 0.241 e. The molecule has 3 heterocycles. The molecule has 0 atom stereocenters. The number of alkyl halides is 1. The van der Waals surface area contributed by atoms with E-state index in [2.05, 4.69) is 46.8 Å². The van der Waals surface area contributed by atoms with Gasteiger partial charge in [0.15, 0.2) is 28.5 Å². The summed E-state index contributed by atoms with van der Waals surface area (Å²) in [6, 6.07) is 2.97. The topological polar surface area (TPSA) is 122 Å². The molecule has 0 spiro atoms. The molecular weight excluding hydrogens is 494 g/mol. The van der Waals surface area contributed by atoms with Gasteiger partial charge in [-0.05, 0) is 22.0 Å². The van der Waals surface area contributed by atoms with Crippen LogP contribution in [0.1, 0.15) is 0 Å². The zero-order chi connectivity index (χ0) is 18.5. The van der Waals surface area contributed by atoms with Gasteiger partial charge < -0.3 is 15.2 Å². The Morgan fingerprint density at radius 1 is 1.23 bits per heavy atom. The monoisotopic (exact) mass is 503 g/mol. The number of nitrogens with zero attached hydrogens (tertiary/aromatic N) is 4. The first-order valence-electron chi connectivity index (χ1n) is 7.30. The van der Waals surface area contributed by atoms with Crippen LogP contribution >= 0.6 is 31.9 Å². The molecule has 0 amide bonds. The van der Waals surface area contributed by atoms with E-state index in [0.29, 0.717) is 33.5 Å². The molecule has 26 heavy (non-hydrogen) atoms. The van der Waals surface area contributed by atoms with Gasteiger partial charge in [-0.3, -0.25) is 4.57 Å². The number of ether oxygens (including phenoxy) is 2. The molecule has 0 radical (unpaired) electrons. The van der Waals surface area contributed by atoms with Crippen molar-refractivity contribution in [2.24, 2.45) is 0 Å². The van der Waals surface area contributed by atoms with Gasteiger partial charge in [-0.15, -0.1) is 0 Å². The van der Waals surface area contributed by atoms with Crippen LogP contribution in [0.15, 0.2) is 33.0 Å². The van der Waals surface area contributed by atoms with Crippen molar-refractivity contribution in [2.75, 3.05) is 17.9 Å². The number of hydrogen-bond acceptors (Lipinski definition) is 8. The van der Waals surface area contributed by atoms with Gasteiger partial charge in [-0.25, -0.2) is 23.4 Å². The second-order valence-electron chi connectivity index (χ2n) is 5.31. The van der Waals surface area contributed by atoms with Gasteiger partial charge in [0, 0.05) is 22.4 Å². The van der Waals surface area contributed by atoms with Crippen LogP contribution in [-0.2, 0) is 16.4 Å². The van der Waals surface area contributed by atoms with Gasteiger partial charge in [-0.1, -0.05) is 15.9 Å². The molecule has 0 aliphatic carbocycles. The number of imidazole rings is 1. The highest BCUT2D eigenvalue weighted by Crippen LogP contribution is 2.40. The minimum Gasteiger partial charge on any atom is -0.454 e. The SMILES string of the molecule is Nc1ncnc2c1nc(S(=O)(=O)c1cc3c(cc1Br)OCO3)n2CCBr. The lowest BCUT2D eigenvalue weighted by atomic mass is 10.3. The van der Waals surface area contributed by atoms with Crippen LogP contribution in [0.25, 0.3) is 11.2 Å². The third-order valence-electron chi connectivity index (χ3n) is 3.79. The Balaban J connectivity index is 1.97. The molecule has 1 aromatic carbocycles. The second kappa shape index (κ2) is 6.35. The lowest BCUT2D eigenvalue weighted by Crippen LogP contribution is -2.13. The number of benzene rings is 1. The highest BCUT2D eigenvalue weighted by molar-refractivity contribution is 9.10. The van der Waals surface area contributed by atoms with Crippen molar-refractivity contribution in [3.8, 4) is 11.5 Å². The Kier molecular flexibility index (Phi) is 4.28. The smallest absolute Gasteiger partial charge is 0.241 e. The van der Waals surface area contributed by atoms with Gasteiger partial charge >= 0.3 is 0 Å². The fourth-order valence-electron chi connectivity index (χ4n) is 2.63. The summed E-state index contributed by atoms with van der Waals surface area (Å²) in [5.41, 5.74) is 6.43. The van der Waals surface area contributed by atoms with E-state index in [4.69, 9.17) is 15.2 Å². The van der Waals surface area contributed by atoms with Crippen molar-refractivity contribution in [3.05, 3.63) is 22.9 Å². The van der Waals surface area contributed by atoms with E-state index in [0.717, 1.165) is 0 Å². The van der Waals surface area contributed by atoms with Crippen molar-refractivity contribution in [1.82, 2.24) is 19.5 Å². The summed E-state index contributed by atoms with van der Waals surface area (Å²) in [5.74, 6) is 0.943. The number of rotatable bonds is 4. The molecule has 3 aromatic rings. The number of anilines is 1. The quantitative estimate of drug-likeness (QED) is 0.536. The predicted molar refractivity (Wildman–Crippen MR) is 99.2 cm³/mol. The predicted octanol–water partition coefficient (Wildman–Crippen LogP) is 2.13. The molecule has 1 aliphatic rings. The van der Waals surface area contributed by atoms with Crippen LogP contribution < -0.4 is 15.2 Å². The molecule has 9 nitrogen and oxygen atoms in total. The van der Waals surface area contributed by atoms with Crippen LogP contribution in [0, 0.1) is 0 Å². The molecular formula is C14H11Br2N5O4S. The van der Waals surface area contributed by atoms with Crippen molar-refractivity contribution in [3.63, 3.8) is 0 Å². The normalized spacial score (nSPS) is 13.5. The van der Waals surface area contributed by atoms with Crippen molar-refractivity contribution < 1.29 is 17.9 Å². The van der Waals surface area contributed by atoms with Gasteiger partial charge in [0.25, 0.3) is 0 Å². The van der Waals surface area contributed by atoms with Gasteiger partial charge in [0.05, 0.1) is 4.90 Å². The summed E-state index contributed by atoms with van der Waals surface area (Å²) < 4.78 is 39.0. The molecule has 4 rings (SSSR count). The highest BCUT2D eigenvalue weighted by Gasteiger charge is 2.31. The van der Waals surface area contributed by atoms with Crippen molar-refractivity contribution >= 4 is 58.7 Å². The number of hydrogen-bond donors (Lipinski definition) is 1. The summed E-state index contributed by atoms with van der Waals surface area (Å²) in [6.45, 7) is 0.378. The number of halogens is 2. The molecule has 12 heteroatoms. The number of nitrogens with two attached hydrogens (primary N) is 1. The zero-order valence-electron chi connectivity index (χ0n) is 13.0. The summed E-state index contributed by atoms with van der Waals surface area (Å²) in [5, 5.41) is 0.339. The van der Waals surface area contributed by atoms with E-state index in [1.165, 1.54) is 17.0 Å². The summed E-state index contributed by atoms with van der Waals surface area (Å²) in [7, 11) is -4.00. The van der Waals surface area contributed by atoms with Crippen LogP contribution in [0.5, 0.6) is 11.5 Å². The van der Waals surface area contributed by atoms with Crippen molar-refractivity contribution in [2.45, 2.75) is 16.6 Å². The maximum atomic E-state index is 13.3. The molecule has 0 unspecified atom stereocenters. The molecule has 0 saturated carbocycles. The minimum atomic E-state index is -4.00. The Morgan fingerprint density at radius 2 is 1.96 bits per heavy atom. The molecule has 2 N–H and O–H groups in total. The number of aryl methyl sites for hydroxylation is 1. The lowest BCUT2D eigenvalue weighted by Gasteiger charge is -2.10. The first kappa shape index (κ1) is 17.5. The number of sulfone groups is 1. The minimum absolute atomic E-state index is 0.0133. The molecule has 0 bridgehead atoms. The Labute approximate surface area is 164 Å². The van der Waals surface area contributed by atoms with E-state index in [1.807, 2.05) is 0 Å². The standard InChI is InChI=1S/C14H11Br2N5O4S/c15-1-2-21-13-11(12(17)18-5-19-13)20-14(21)26(22,23)10-4-9-8(3-7(10)16)24-6-25-9/h3-5H,1-2,6H2,(H2,17,18,19). The fraction of sp³-hybridized carbons (Fsp3) is 0.214. The van der Waals surface area contributed by atoms with Crippen LogP contribution in [-0.4, -0.2) is 40.1 Å². The summed E-state index contributed by atoms with van der Waals surface area (Å²) >= 11 is 6.61. The Bertz CT molecular complexity index is 1130. The van der Waals surface area contributed by atoms with Crippen LogP contribution in [0.2, 0.25) is 0 Å². The number of aromatic nitrogens is 4. The summed E-state index contributed by atoms with van der Waals surface area (Å²) in [6.07, 6.45) is 1.27. The summed E-state index contributed by atoms with van der Waals surface area (Å²) in [4.78, 5) is 12.3.